The minimum absolute atomic E-state index is 0.461. The van der Waals surface area contributed by atoms with Gasteiger partial charge in [-0.3, -0.25) is 0 Å². The highest BCUT2D eigenvalue weighted by atomic mass is 79.9. The Labute approximate surface area is 116 Å². The average Bonchev–Trinajstić information content (AvgIpc) is 2.34. The zero-order valence-corrected chi connectivity index (χ0v) is 12.3. The van der Waals surface area contributed by atoms with E-state index < -0.39 is 0 Å². The molecule has 0 amide bonds. The number of nitrogens with one attached hydrogen (secondary N) is 1. The van der Waals surface area contributed by atoms with Crippen LogP contribution in [0.4, 0.5) is 11.6 Å². The summed E-state index contributed by atoms with van der Waals surface area (Å²) < 4.78 is 0.877. The second-order valence-corrected chi connectivity index (χ2v) is 5.46. The van der Waals surface area contributed by atoms with Crippen LogP contribution < -0.4 is 5.32 Å². The molecule has 2 rings (SSSR count). The summed E-state index contributed by atoms with van der Waals surface area (Å²) in [5.41, 5.74) is 3.59. The van der Waals surface area contributed by atoms with E-state index in [-0.39, 0.29) is 0 Å². The van der Waals surface area contributed by atoms with Crippen LogP contribution in [0.5, 0.6) is 0 Å². The molecule has 0 radical (unpaired) electrons. The Balaban J connectivity index is 2.36. The van der Waals surface area contributed by atoms with E-state index in [0.717, 1.165) is 10.2 Å². The van der Waals surface area contributed by atoms with Gasteiger partial charge in [0, 0.05) is 18.1 Å². The van der Waals surface area contributed by atoms with E-state index in [0.29, 0.717) is 11.9 Å². The molecule has 2 aromatic rings. The molecule has 0 unspecified atom stereocenters. The molecular weight excluding hydrogens is 290 g/mol. The number of rotatable bonds is 3. The fraction of sp³-hybridized carbons (Fsp3) is 0.286. The lowest BCUT2D eigenvalue weighted by Gasteiger charge is -2.16. The predicted octanol–water partition coefficient (Wildman–Crippen LogP) is 4.41. The van der Waals surface area contributed by atoms with Gasteiger partial charge in [0.15, 0.2) is 0 Å². The molecular formula is C14H16BrN3. The third-order valence-corrected chi connectivity index (χ3v) is 3.19. The molecule has 0 aliphatic carbocycles. The minimum atomic E-state index is 0.461. The molecule has 0 bridgehead atoms. The summed E-state index contributed by atoms with van der Waals surface area (Å²) in [6.45, 7) is 6.46. The number of anilines is 2. The van der Waals surface area contributed by atoms with E-state index in [1.807, 2.05) is 0 Å². The van der Waals surface area contributed by atoms with Gasteiger partial charge in [-0.2, -0.15) is 0 Å². The number of para-hydroxylation sites is 1. The van der Waals surface area contributed by atoms with Gasteiger partial charge in [-0.25, -0.2) is 9.97 Å². The quantitative estimate of drug-likeness (QED) is 0.912. The van der Waals surface area contributed by atoms with Crippen molar-refractivity contribution in [3.63, 3.8) is 0 Å². The fourth-order valence-electron chi connectivity index (χ4n) is 1.83. The zero-order valence-electron chi connectivity index (χ0n) is 10.7. The molecule has 0 aliphatic rings. The van der Waals surface area contributed by atoms with Gasteiger partial charge in [-0.1, -0.05) is 32.0 Å². The summed E-state index contributed by atoms with van der Waals surface area (Å²) in [5.74, 6) is 1.08. The van der Waals surface area contributed by atoms with Gasteiger partial charge in [0.1, 0.15) is 0 Å². The van der Waals surface area contributed by atoms with E-state index >= 15 is 0 Å². The van der Waals surface area contributed by atoms with Crippen LogP contribution in [-0.4, -0.2) is 9.97 Å². The molecule has 1 aromatic heterocycles. The van der Waals surface area contributed by atoms with Crippen molar-refractivity contribution < 1.29 is 0 Å². The van der Waals surface area contributed by atoms with Gasteiger partial charge in [-0.05, 0) is 39.9 Å². The molecule has 0 atom stereocenters. The Kier molecular flexibility index (Phi) is 3.97. The number of hydrogen-bond donors (Lipinski definition) is 1. The summed E-state index contributed by atoms with van der Waals surface area (Å²) in [7, 11) is 0. The highest BCUT2D eigenvalue weighted by Gasteiger charge is 2.10. The van der Waals surface area contributed by atoms with Gasteiger partial charge in [0.25, 0.3) is 0 Å². The van der Waals surface area contributed by atoms with Gasteiger partial charge in [-0.15, -0.1) is 0 Å². The molecule has 18 heavy (non-hydrogen) atoms. The fourth-order valence-corrected chi connectivity index (χ4v) is 2.04. The smallest absolute Gasteiger partial charge is 0.227 e. The van der Waals surface area contributed by atoms with Crippen LogP contribution in [0.3, 0.4) is 0 Å². The zero-order chi connectivity index (χ0) is 13.1. The maximum Gasteiger partial charge on any atom is 0.227 e. The predicted molar refractivity (Wildman–Crippen MR) is 78.3 cm³/mol. The van der Waals surface area contributed by atoms with Crippen molar-refractivity contribution in [1.29, 1.82) is 0 Å². The van der Waals surface area contributed by atoms with Crippen LogP contribution in [0.25, 0.3) is 0 Å². The molecule has 0 spiro atoms. The van der Waals surface area contributed by atoms with Crippen molar-refractivity contribution in [3.05, 3.63) is 46.2 Å². The number of hydrogen-bond acceptors (Lipinski definition) is 3. The van der Waals surface area contributed by atoms with Crippen LogP contribution in [0, 0.1) is 6.92 Å². The summed E-state index contributed by atoms with van der Waals surface area (Å²) in [4.78, 5) is 8.49. The number of aryl methyl sites for hydroxylation is 1. The van der Waals surface area contributed by atoms with Gasteiger partial charge in [0.2, 0.25) is 5.95 Å². The Morgan fingerprint density at radius 1 is 1.17 bits per heavy atom. The monoisotopic (exact) mass is 305 g/mol. The minimum Gasteiger partial charge on any atom is -0.324 e. The van der Waals surface area contributed by atoms with Crippen molar-refractivity contribution in [3.8, 4) is 0 Å². The Hall–Kier alpha value is -1.42. The molecule has 4 heteroatoms. The maximum absolute atomic E-state index is 4.25. The van der Waals surface area contributed by atoms with Gasteiger partial charge < -0.3 is 5.32 Å². The second kappa shape index (κ2) is 5.48. The first-order valence-corrected chi connectivity index (χ1v) is 6.71. The van der Waals surface area contributed by atoms with Crippen molar-refractivity contribution in [2.75, 3.05) is 5.32 Å². The molecule has 1 aromatic carbocycles. The van der Waals surface area contributed by atoms with E-state index in [1.165, 1.54) is 11.1 Å². The van der Waals surface area contributed by atoms with Crippen molar-refractivity contribution >= 4 is 27.6 Å². The Bertz CT molecular complexity index is 535. The first-order chi connectivity index (χ1) is 8.58. The summed E-state index contributed by atoms with van der Waals surface area (Å²) in [6.07, 6.45) is 3.48. The number of nitrogens with zero attached hydrogens (tertiary/aromatic N) is 2. The summed E-state index contributed by atoms with van der Waals surface area (Å²) in [6, 6.07) is 6.31. The first-order valence-electron chi connectivity index (χ1n) is 5.92. The molecule has 1 N–H and O–H groups in total. The molecule has 94 valence electrons. The molecule has 0 aliphatic heterocycles. The molecule has 0 saturated heterocycles. The summed E-state index contributed by atoms with van der Waals surface area (Å²) >= 11 is 3.33. The Morgan fingerprint density at radius 2 is 1.83 bits per heavy atom. The molecule has 3 nitrogen and oxygen atoms in total. The third kappa shape index (κ3) is 2.88. The number of benzene rings is 1. The number of aromatic nitrogens is 2. The van der Waals surface area contributed by atoms with E-state index in [9.17, 15) is 0 Å². The molecule has 1 heterocycles. The largest absolute Gasteiger partial charge is 0.324 e. The van der Waals surface area contributed by atoms with Crippen LogP contribution in [-0.2, 0) is 0 Å². The van der Waals surface area contributed by atoms with Crippen LogP contribution >= 0.6 is 15.9 Å². The topological polar surface area (TPSA) is 37.8 Å². The lowest BCUT2D eigenvalue weighted by molar-refractivity contribution is 0.866. The van der Waals surface area contributed by atoms with Gasteiger partial charge in [0.05, 0.1) is 4.47 Å². The lowest BCUT2D eigenvalue weighted by Crippen LogP contribution is -2.03. The SMILES string of the molecule is Cc1cccc(C(C)C)c1Nc1ncc(Br)cn1. The highest BCUT2D eigenvalue weighted by Crippen LogP contribution is 2.29. The van der Waals surface area contributed by atoms with Gasteiger partial charge >= 0.3 is 0 Å². The second-order valence-electron chi connectivity index (χ2n) is 4.54. The normalized spacial score (nSPS) is 10.7. The summed E-state index contributed by atoms with van der Waals surface area (Å²) in [5, 5.41) is 3.31. The number of halogens is 1. The standard InChI is InChI=1S/C14H16BrN3/c1-9(2)12-6-4-5-10(3)13(12)18-14-16-7-11(15)8-17-14/h4-9H,1-3H3,(H,16,17,18). The van der Waals surface area contributed by atoms with Crippen LogP contribution in [0.15, 0.2) is 35.1 Å². The van der Waals surface area contributed by atoms with Crippen molar-refractivity contribution in [2.24, 2.45) is 0 Å². The highest BCUT2D eigenvalue weighted by molar-refractivity contribution is 9.10. The van der Waals surface area contributed by atoms with E-state index in [2.05, 4.69) is 70.2 Å². The first kappa shape index (κ1) is 13.0. The third-order valence-electron chi connectivity index (χ3n) is 2.78. The molecule has 0 saturated carbocycles. The van der Waals surface area contributed by atoms with E-state index in [4.69, 9.17) is 0 Å². The Morgan fingerprint density at radius 3 is 2.44 bits per heavy atom. The average molecular weight is 306 g/mol. The van der Waals surface area contributed by atoms with Crippen LogP contribution in [0.1, 0.15) is 30.9 Å². The molecule has 0 fully saturated rings. The maximum atomic E-state index is 4.25. The van der Waals surface area contributed by atoms with Crippen molar-refractivity contribution in [1.82, 2.24) is 9.97 Å². The van der Waals surface area contributed by atoms with Crippen LogP contribution in [0.2, 0.25) is 0 Å². The lowest BCUT2D eigenvalue weighted by atomic mass is 9.98. The van der Waals surface area contributed by atoms with Crippen molar-refractivity contribution in [2.45, 2.75) is 26.7 Å². The van der Waals surface area contributed by atoms with E-state index in [1.54, 1.807) is 12.4 Å².